The standard InChI is InChI=1S/C40H48S4/c1-9-25-26(10-2)34-19-20-36-29(13-5)30(14-6)38(43-36)23-24-40-32(16-8)31(15-7)39(44-40)22-21-37-28(12-4)27(11-3)35(42-37)18-17-33(25)41-34/h17-24H,9-16H2,1-8H3/b18-17?,20-19?,22-21?,24-23?,33-17-,34-19-,35-18-,36-20-,37-21-,38-23-,39-22-,40-24-. The van der Waals surface area contributed by atoms with E-state index in [4.69, 9.17) is 0 Å². The molecule has 0 aliphatic carbocycles. The Morgan fingerprint density at radius 1 is 0.250 bits per heavy atom. The van der Waals surface area contributed by atoms with Crippen LogP contribution in [0.5, 0.6) is 0 Å². The fourth-order valence-electron chi connectivity index (χ4n) is 6.94. The minimum atomic E-state index is 1.07. The van der Waals surface area contributed by atoms with Crippen molar-refractivity contribution < 1.29 is 0 Å². The zero-order chi connectivity index (χ0) is 31.4. The zero-order valence-corrected chi connectivity index (χ0v) is 31.2. The number of thiophene rings is 4. The van der Waals surface area contributed by atoms with E-state index in [0.29, 0.717) is 0 Å². The van der Waals surface area contributed by atoms with Crippen LogP contribution in [-0.2, 0) is 51.4 Å². The number of hydrogen-bond donors (Lipinski definition) is 0. The van der Waals surface area contributed by atoms with Gasteiger partial charge in [0.05, 0.1) is 0 Å². The smallest absolute Gasteiger partial charge is 0.0311 e. The van der Waals surface area contributed by atoms with Gasteiger partial charge in [-0.1, -0.05) is 55.4 Å². The third-order valence-corrected chi connectivity index (χ3v) is 13.9. The molecule has 4 heteroatoms. The lowest BCUT2D eigenvalue weighted by atomic mass is 10.0. The fourth-order valence-corrected chi connectivity index (χ4v) is 12.1. The van der Waals surface area contributed by atoms with Crippen LogP contribution >= 0.6 is 45.3 Å². The number of fused-ring (bicyclic) bond motifs is 8. The van der Waals surface area contributed by atoms with E-state index in [1.165, 1.54) is 80.8 Å². The molecule has 5 heterocycles. The molecule has 0 radical (unpaired) electrons. The van der Waals surface area contributed by atoms with Crippen LogP contribution < -0.4 is 36.3 Å². The van der Waals surface area contributed by atoms with Crippen LogP contribution in [0, 0.1) is 0 Å². The highest BCUT2D eigenvalue weighted by Gasteiger charge is 2.11. The molecule has 5 rings (SSSR count). The maximum Gasteiger partial charge on any atom is 0.0311 e. The molecule has 0 amide bonds. The summed E-state index contributed by atoms with van der Waals surface area (Å²) in [5.41, 5.74) is 12.2. The van der Waals surface area contributed by atoms with Crippen molar-refractivity contribution >= 4 is 94.0 Å². The monoisotopic (exact) mass is 656 g/mol. The van der Waals surface area contributed by atoms with Gasteiger partial charge < -0.3 is 0 Å². The van der Waals surface area contributed by atoms with Gasteiger partial charge >= 0.3 is 0 Å². The van der Waals surface area contributed by atoms with E-state index in [9.17, 15) is 0 Å². The Morgan fingerprint density at radius 2 is 0.364 bits per heavy atom. The van der Waals surface area contributed by atoms with Gasteiger partial charge in [0.25, 0.3) is 0 Å². The van der Waals surface area contributed by atoms with Crippen molar-refractivity contribution in [1.82, 2.24) is 0 Å². The molecule has 0 saturated carbocycles. The van der Waals surface area contributed by atoms with Gasteiger partial charge in [0.2, 0.25) is 0 Å². The lowest BCUT2D eigenvalue weighted by molar-refractivity contribution is 1.04. The Hall–Kier alpha value is -2.24. The summed E-state index contributed by atoms with van der Waals surface area (Å²) in [5.74, 6) is 0. The molecule has 1 aliphatic rings. The highest BCUT2D eigenvalue weighted by Crippen LogP contribution is 2.11. The molecule has 8 bridgehead atoms. The first-order valence-electron chi connectivity index (χ1n) is 16.8. The van der Waals surface area contributed by atoms with Crippen LogP contribution in [-0.4, -0.2) is 0 Å². The van der Waals surface area contributed by atoms with Crippen molar-refractivity contribution in [2.24, 2.45) is 0 Å². The van der Waals surface area contributed by atoms with Gasteiger partial charge in [-0.2, -0.15) is 0 Å². The quantitative estimate of drug-likeness (QED) is 0.225. The fraction of sp³-hybridized carbons (Fsp3) is 0.400. The van der Waals surface area contributed by atoms with Crippen molar-refractivity contribution in [1.29, 1.82) is 0 Å². The van der Waals surface area contributed by atoms with Gasteiger partial charge in [-0.05, 0) is 144 Å². The molecule has 0 N–H and O–H groups in total. The van der Waals surface area contributed by atoms with E-state index < -0.39 is 0 Å². The van der Waals surface area contributed by atoms with Gasteiger partial charge in [0.15, 0.2) is 0 Å². The molecule has 0 spiro atoms. The minimum absolute atomic E-state index is 1.07. The molecular formula is C40H48S4. The minimum Gasteiger partial charge on any atom is -0.136 e. The summed E-state index contributed by atoms with van der Waals surface area (Å²) in [6.07, 6.45) is 28.0. The first kappa shape index (κ1) is 33.1. The summed E-state index contributed by atoms with van der Waals surface area (Å²) in [4.78, 5) is 0. The van der Waals surface area contributed by atoms with Crippen molar-refractivity contribution in [2.45, 2.75) is 107 Å². The SMILES string of the molecule is CCc1c(CC)/c2s/c1=C\C=c1/s/c(c(CC)c1CC)=C\C=c1/s/c(c(CC)c1CC)=C\C=c1/s/c(c(CC)c1CC)=C\C=2. The van der Waals surface area contributed by atoms with Gasteiger partial charge in [-0.3, -0.25) is 0 Å². The molecule has 4 aromatic rings. The first-order valence-corrected chi connectivity index (χ1v) is 20.0. The van der Waals surface area contributed by atoms with E-state index in [2.05, 4.69) is 104 Å². The average Bonchev–Trinajstić information content (AvgIpc) is 3.77. The summed E-state index contributed by atoms with van der Waals surface area (Å²) in [7, 11) is 0. The molecule has 0 fully saturated rings. The van der Waals surface area contributed by atoms with Crippen molar-refractivity contribution in [3.05, 3.63) is 80.8 Å². The molecule has 232 valence electrons. The maximum atomic E-state index is 2.42. The lowest BCUT2D eigenvalue weighted by Gasteiger charge is -1.99. The second kappa shape index (κ2) is 14.9. The molecule has 1 aliphatic heterocycles. The Balaban J connectivity index is 1.97. The summed E-state index contributed by atoms with van der Waals surface area (Å²) in [6, 6.07) is 0. The third-order valence-electron chi connectivity index (χ3n) is 9.09. The van der Waals surface area contributed by atoms with E-state index in [1.54, 1.807) is 0 Å². The Kier molecular flexibility index (Phi) is 11.2. The molecule has 0 saturated heterocycles. The number of hydrogen-bond acceptors (Lipinski definition) is 4. The van der Waals surface area contributed by atoms with Crippen molar-refractivity contribution in [3.63, 3.8) is 0 Å². The Bertz CT molecular complexity index is 1690. The predicted octanol–water partition coefficient (Wildman–Crippen LogP) is 5.79. The van der Waals surface area contributed by atoms with Gasteiger partial charge in [-0.25, -0.2) is 0 Å². The van der Waals surface area contributed by atoms with Crippen LogP contribution in [0.15, 0.2) is 0 Å². The zero-order valence-electron chi connectivity index (χ0n) is 27.9. The molecule has 0 unspecified atom stereocenters. The van der Waals surface area contributed by atoms with E-state index in [-0.39, 0.29) is 0 Å². The second-order valence-corrected chi connectivity index (χ2v) is 15.6. The topological polar surface area (TPSA) is 0 Å². The molecular weight excluding hydrogens is 609 g/mol. The Morgan fingerprint density at radius 3 is 0.455 bits per heavy atom. The van der Waals surface area contributed by atoms with Crippen LogP contribution in [0.2, 0.25) is 0 Å². The van der Waals surface area contributed by atoms with Crippen molar-refractivity contribution in [3.8, 4) is 0 Å². The van der Waals surface area contributed by atoms with Gasteiger partial charge in [0.1, 0.15) is 0 Å². The lowest BCUT2D eigenvalue weighted by Crippen LogP contribution is -2.07. The molecule has 0 nitrogen and oxygen atoms in total. The largest absolute Gasteiger partial charge is 0.136 e. The van der Waals surface area contributed by atoms with Crippen molar-refractivity contribution in [2.75, 3.05) is 0 Å². The maximum absolute atomic E-state index is 2.42. The van der Waals surface area contributed by atoms with Gasteiger partial charge in [-0.15, -0.1) is 45.3 Å². The van der Waals surface area contributed by atoms with E-state index in [0.717, 1.165) is 51.4 Å². The van der Waals surface area contributed by atoms with Crippen LogP contribution in [0.4, 0.5) is 0 Å². The Labute approximate surface area is 279 Å². The number of rotatable bonds is 8. The average molecular weight is 657 g/mol. The molecule has 4 aromatic heterocycles. The van der Waals surface area contributed by atoms with Crippen LogP contribution in [0.3, 0.4) is 0 Å². The van der Waals surface area contributed by atoms with E-state index in [1.807, 2.05) is 45.3 Å². The predicted molar refractivity (Wildman–Crippen MR) is 205 cm³/mol. The van der Waals surface area contributed by atoms with Crippen LogP contribution in [0.25, 0.3) is 48.6 Å². The molecule has 0 atom stereocenters. The van der Waals surface area contributed by atoms with E-state index >= 15 is 0 Å². The highest BCUT2D eigenvalue weighted by atomic mass is 32.1. The molecule has 44 heavy (non-hydrogen) atoms. The normalized spacial score (nSPS) is 19.1. The summed E-state index contributed by atoms with van der Waals surface area (Å²) < 4.78 is 11.4. The first-order chi connectivity index (χ1) is 21.5. The van der Waals surface area contributed by atoms with Crippen LogP contribution in [0.1, 0.15) is 99.9 Å². The third kappa shape index (κ3) is 6.25. The summed E-state index contributed by atoms with van der Waals surface area (Å²) >= 11 is 7.90. The molecule has 0 aromatic carbocycles. The summed E-state index contributed by atoms with van der Waals surface area (Å²) in [6.45, 7) is 18.5. The highest BCUT2D eigenvalue weighted by molar-refractivity contribution is 7.09. The second-order valence-electron chi connectivity index (χ2n) is 11.3. The van der Waals surface area contributed by atoms with Gasteiger partial charge in [0, 0.05) is 36.3 Å². The summed E-state index contributed by atoms with van der Waals surface area (Å²) in [5, 5.41) is 0.